The molecule has 118 valence electrons. The van der Waals surface area contributed by atoms with E-state index in [0.717, 1.165) is 4.90 Å². The summed E-state index contributed by atoms with van der Waals surface area (Å²) in [7, 11) is 0. The summed E-state index contributed by atoms with van der Waals surface area (Å²) >= 11 is 0. The van der Waals surface area contributed by atoms with Crippen molar-refractivity contribution in [2.24, 2.45) is 0 Å². The first-order valence-corrected chi connectivity index (χ1v) is 7.12. The molecule has 1 saturated heterocycles. The Labute approximate surface area is 131 Å². The van der Waals surface area contributed by atoms with E-state index in [0.29, 0.717) is 5.69 Å². The average Bonchev–Trinajstić information content (AvgIpc) is 3.13. The van der Waals surface area contributed by atoms with Gasteiger partial charge in [-0.25, -0.2) is 14.4 Å². The lowest BCUT2D eigenvalue weighted by Crippen LogP contribution is -2.31. The van der Waals surface area contributed by atoms with Gasteiger partial charge >= 0.3 is 5.97 Å². The molecule has 0 spiro atoms. The van der Waals surface area contributed by atoms with Crippen LogP contribution in [0.3, 0.4) is 0 Å². The zero-order valence-electron chi connectivity index (χ0n) is 12.4. The van der Waals surface area contributed by atoms with Crippen molar-refractivity contribution in [3.8, 4) is 0 Å². The molecule has 1 atom stereocenters. The number of para-hydroxylation sites is 1. The van der Waals surface area contributed by atoms with Crippen molar-refractivity contribution < 1.29 is 19.1 Å². The highest BCUT2D eigenvalue weighted by molar-refractivity contribution is 6.21. The molecule has 1 aromatic heterocycles. The van der Waals surface area contributed by atoms with Crippen LogP contribution in [-0.4, -0.2) is 39.4 Å². The van der Waals surface area contributed by atoms with Gasteiger partial charge in [0.1, 0.15) is 6.04 Å². The van der Waals surface area contributed by atoms with E-state index in [2.05, 4.69) is 10.3 Å². The summed E-state index contributed by atoms with van der Waals surface area (Å²) in [6, 6.07) is 7.86. The van der Waals surface area contributed by atoms with Gasteiger partial charge in [-0.05, 0) is 19.1 Å². The van der Waals surface area contributed by atoms with Crippen LogP contribution in [0.1, 0.15) is 29.9 Å². The van der Waals surface area contributed by atoms with Crippen molar-refractivity contribution in [3.05, 3.63) is 42.2 Å². The lowest BCUT2D eigenvalue weighted by Gasteiger charge is -2.14. The van der Waals surface area contributed by atoms with Crippen molar-refractivity contribution in [2.75, 3.05) is 11.5 Å². The number of benzene rings is 1. The summed E-state index contributed by atoms with van der Waals surface area (Å²) in [6.07, 6.45) is 1.29. The van der Waals surface area contributed by atoms with Gasteiger partial charge in [0, 0.05) is 0 Å². The Morgan fingerprint density at radius 2 is 2.04 bits per heavy atom. The first kappa shape index (κ1) is 14.9. The van der Waals surface area contributed by atoms with E-state index in [1.807, 2.05) is 0 Å². The summed E-state index contributed by atoms with van der Waals surface area (Å²) < 4.78 is 6.06. The summed E-state index contributed by atoms with van der Waals surface area (Å²) in [5, 5.41) is 7.47. The number of ether oxygens (including phenoxy) is 1. The average molecular weight is 314 g/mol. The SMILES string of the molecule is CCOC(=O)c1cn([C@@H]2CC(=O)N(c3ccccc3)C2=O)nn1. The molecule has 0 aliphatic carbocycles. The van der Waals surface area contributed by atoms with Crippen molar-refractivity contribution in [1.82, 2.24) is 15.0 Å². The zero-order valence-corrected chi connectivity index (χ0v) is 12.4. The minimum atomic E-state index is -0.807. The Bertz CT molecular complexity index is 756. The third-order valence-corrected chi connectivity index (χ3v) is 3.45. The Hall–Kier alpha value is -3.03. The van der Waals surface area contributed by atoms with E-state index in [4.69, 9.17) is 4.74 Å². The molecular weight excluding hydrogens is 300 g/mol. The van der Waals surface area contributed by atoms with Crippen LogP contribution in [0.15, 0.2) is 36.5 Å². The first-order valence-electron chi connectivity index (χ1n) is 7.12. The summed E-state index contributed by atoms with van der Waals surface area (Å²) in [5.41, 5.74) is 0.515. The van der Waals surface area contributed by atoms with Crippen LogP contribution in [0.25, 0.3) is 0 Å². The minimum absolute atomic E-state index is 0.00487. The Balaban J connectivity index is 1.84. The second kappa shape index (κ2) is 5.99. The van der Waals surface area contributed by atoms with E-state index in [-0.39, 0.29) is 24.6 Å². The van der Waals surface area contributed by atoms with Gasteiger partial charge in [-0.1, -0.05) is 23.4 Å². The van der Waals surface area contributed by atoms with E-state index in [1.165, 1.54) is 10.9 Å². The number of carbonyl (C=O) groups is 3. The molecule has 0 unspecified atom stereocenters. The Morgan fingerprint density at radius 3 is 2.74 bits per heavy atom. The monoisotopic (exact) mass is 314 g/mol. The molecule has 0 N–H and O–H groups in total. The standard InChI is InChI=1S/C15H14N4O4/c1-2-23-15(22)11-9-18(17-16-11)12-8-13(20)19(14(12)21)10-6-4-3-5-7-10/h3-7,9,12H,2,8H2,1H3/t12-/m1/s1. The Morgan fingerprint density at radius 1 is 1.30 bits per heavy atom. The molecule has 2 amide bonds. The summed E-state index contributed by atoms with van der Waals surface area (Å²) in [5.74, 6) is -1.34. The van der Waals surface area contributed by atoms with Crippen LogP contribution in [0.4, 0.5) is 5.69 Å². The van der Waals surface area contributed by atoms with Gasteiger partial charge in [-0.15, -0.1) is 5.10 Å². The number of imide groups is 1. The maximum Gasteiger partial charge on any atom is 0.360 e. The first-order chi connectivity index (χ1) is 11.1. The molecular formula is C15H14N4O4. The molecule has 0 bridgehead atoms. The number of rotatable bonds is 4. The highest BCUT2D eigenvalue weighted by Gasteiger charge is 2.41. The number of amides is 2. The van der Waals surface area contributed by atoms with Crippen LogP contribution in [0.5, 0.6) is 0 Å². The second-order valence-electron chi connectivity index (χ2n) is 4.93. The van der Waals surface area contributed by atoms with E-state index in [9.17, 15) is 14.4 Å². The minimum Gasteiger partial charge on any atom is -0.461 e. The summed E-state index contributed by atoms with van der Waals surface area (Å²) in [6.45, 7) is 1.90. The molecule has 0 saturated carbocycles. The van der Waals surface area contributed by atoms with Gasteiger partial charge in [0.15, 0.2) is 5.69 Å². The number of nitrogens with zero attached hydrogens (tertiary/aromatic N) is 4. The van der Waals surface area contributed by atoms with Gasteiger partial charge in [-0.2, -0.15) is 0 Å². The van der Waals surface area contributed by atoms with E-state index < -0.39 is 17.9 Å². The molecule has 1 aliphatic rings. The number of aromatic nitrogens is 3. The highest BCUT2D eigenvalue weighted by Crippen LogP contribution is 2.28. The maximum atomic E-state index is 12.5. The van der Waals surface area contributed by atoms with Crippen LogP contribution in [0, 0.1) is 0 Å². The number of hydrogen-bond donors (Lipinski definition) is 0. The lowest BCUT2D eigenvalue weighted by molar-refractivity contribution is -0.122. The smallest absolute Gasteiger partial charge is 0.360 e. The van der Waals surface area contributed by atoms with E-state index in [1.54, 1.807) is 37.3 Å². The van der Waals surface area contributed by atoms with Crippen molar-refractivity contribution >= 4 is 23.5 Å². The van der Waals surface area contributed by atoms with Gasteiger partial charge < -0.3 is 4.74 Å². The number of anilines is 1. The molecule has 1 aromatic carbocycles. The highest BCUT2D eigenvalue weighted by atomic mass is 16.5. The fourth-order valence-electron chi connectivity index (χ4n) is 2.40. The third kappa shape index (κ3) is 2.70. The Kier molecular flexibility index (Phi) is 3.88. The van der Waals surface area contributed by atoms with Crippen molar-refractivity contribution in [3.63, 3.8) is 0 Å². The normalized spacial score (nSPS) is 17.6. The molecule has 0 radical (unpaired) electrons. The van der Waals surface area contributed by atoms with Crippen molar-refractivity contribution in [1.29, 1.82) is 0 Å². The van der Waals surface area contributed by atoms with Crippen molar-refractivity contribution in [2.45, 2.75) is 19.4 Å². The van der Waals surface area contributed by atoms with Gasteiger partial charge in [-0.3, -0.25) is 9.59 Å². The predicted molar refractivity (Wildman–Crippen MR) is 78.6 cm³/mol. The van der Waals surface area contributed by atoms with Crippen LogP contribution < -0.4 is 4.90 Å². The topological polar surface area (TPSA) is 94.4 Å². The maximum absolute atomic E-state index is 12.5. The molecule has 8 heteroatoms. The quantitative estimate of drug-likeness (QED) is 0.616. The molecule has 1 aliphatic heterocycles. The molecule has 23 heavy (non-hydrogen) atoms. The van der Waals surface area contributed by atoms with Gasteiger partial charge in [0.2, 0.25) is 5.91 Å². The lowest BCUT2D eigenvalue weighted by atomic mass is 10.2. The molecule has 3 rings (SSSR count). The largest absolute Gasteiger partial charge is 0.461 e. The number of hydrogen-bond acceptors (Lipinski definition) is 6. The summed E-state index contributed by atoms with van der Waals surface area (Å²) in [4.78, 5) is 37.4. The van der Waals surface area contributed by atoms with Gasteiger partial charge in [0.05, 0.1) is 24.9 Å². The fourth-order valence-corrected chi connectivity index (χ4v) is 2.40. The molecule has 1 fully saturated rings. The molecule has 2 aromatic rings. The van der Waals surface area contributed by atoms with Crippen LogP contribution in [0.2, 0.25) is 0 Å². The molecule has 8 nitrogen and oxygen atoms in total. The zero-order chi connectivity index (χ0) is 16.4. The van der Waals surface area contributed by atoms with Gasteiger partial charge in [0.25, 0.3) is 5.91 Å². The van der Waals surface area contributed by atoms with Crippen LogP contribution >= 0.6 is 0 Å². The van der Waals surface area contributed by atoms with Crippen LogP contribution in [-0.2, 0) is 14.3 Å². The third-order valence-electron chi connectivity index (χ3n) is 3.45. The number of carbonyl (C=O) groups excluding carboxylic acids is 3. The fraction of sp³-hybridized carbons (Fsp3) is 0.267. The number of esters is 1. The molecule has 2 heterocycles. The predicted octanol–water partition coefficient (Wildman–Crippen LogP) is 0.959. The van der Waals surface area contributed by atoms with E-state index >= 15 is 0 Å². The second-order valence-corrected chi connectivity index (χ2v) is 4.93.